The second-order valence-corrected chi connectivity index (χ2v) is 5.24. The summed E-state index contributed by atoms with van der Waals surface area (Å²) in [5.41, 5.74) is 2.66. The van der Waals surface area contributed by atoms with E-state index in [-0.39, 0.29) is 24.4 Å². The van der Waals surface area contributed by atoms with Crippen molar-refractivity contribution in [2.75, 3.05) is 26.2 Å². The first-order valence-corrected chi connectivity index (χ1v) is 7.00. The van der Waals surface area contributed by atoms with Gasteiger partial charge >= 0.3 is 0 Å². The van der Waals surface area contributed by atoms with Crippen molar-refractivity contribution >= 4 is 18.3 Å². The number of nitrogens with zero attached hydrogens (tertiary/aromatic N) is 1. The molecule has 1 fully saturated rings. The molecule has 2 aliphatic rings. The maximum absolute atomic E-state index is 12.3. The zero-order chi connectivity index (χ0) is 13.1. The largest absolute Gasteiger partial charge is 0.375 e. The quantitative estimate of drug-likeness (QED) is 0.896. The first-order valence-electron chi connectivity index (χ1n) is 7.00. The number of halogens is 1. The fraction of sp³-hybridized carbons (Fsp3) is 0.533. The molecule has 1 unspecified atom stereocenters. The van der Waals surface area contributed by atoms with Crippen molar-refractivity contribution in [3.8, 4) is 0 Å². The fourth-order valence-electron chi connectivity index (χ4n) is 2.78. The number of ether oxygens (including phenoxy) is 1. The minimum Gasteiger partial charge on any atom is -0.375 e. The number of amides is 1. The maximum atomic E-state index is 12.3. The fourth-order valence-corrected chi connectivity index (χ4v) is 2.78. The molecular weight excluding hydrogens is 276 g/mol. The van der Waals surface area contributed by atoms with Crippen LogP contribution in [-0.4, -0.2) is 43.2 Å². The zero-order valence-electron chi connectivity index (χ0n) is 11.5. The van der Waals surface area contributed by atoms with Gasteiger partial charge in [-0.15, -0.1) is 12.4 Å². The van der Waals surface area contributed by atoms with Crippen molar-refractivity contribution < 1.29 is 9.53 Å². The van der Waals surface area contributed by atoms with E-state index in [1.807, 2.05) is 11.0 Å². The lowest BCUT2D eigenvalue weighted by atomic mass is 9.99. The molecule has 1 amide bonds. The van der Waals surface area contributed by atoms with Gasteiger partial charge in [-0.2, -0.15) is 0 Å². The highest BCUT2D eigenvalue weighted by Crippen LogP contribution is 2.19. The van der Waals surface area contributed by atoms with Gasteiger partial charge in [-0.05, 0) is 17.5 Å². The Kier molecular flexibility index (Phi) is 5.40. The van der Waals surface area contributed by atoms with Crippen LogP contribution in [0.2, 0.25) is 0 Å². The van der Waals surface area contributed by atoms with Gasteiger partial charge in [0.1, 0.15) is 0 Å². The molecule has 20 heavy (non-hydrogen) atoms. The lowest BCUT2D eigenvalue weighted by Gasteiger charge is -2.31. The van der Waals surface area contributed by atoms with E-state index in [0.29, 0.717) is 13.0 Å². The highest BCUT2D eigenvalue weighted by Gasteiger charge is 2.24. The third kappa shape index (κ3) is 3.51. The van der Waals surface area contributed by atoms with E-state index < -0.39 is 0 Å². The number of carbonyl (C=O) groups excluding carboxylic acids is 1. The summed E-state index contributed by atoms with van der Waals surface area (Å²) in [7, 11) is 0. The number of morpholine rings is 1. The van der Waals surface area contributed by atoms with Gasteiger partial charge in [0, 0.05) is 26.2 Å². The minimum atomic E-state index is 0. The Morgan fingerprint density at radius 2 is 2.15 bits per heavy atom. The van der Waals surface area contributed by atoms with Crippen LogP contribution < -0.4 is 5.32 Å². The second-order valence-electron chi connectivity index (χ2n) is 5.24. The number of nitrogens with one attached hydrogen (secondary N) is 1. The number of benzene rings is 1. The van der Waals surface area contributed by atoms with E-state index >= 15 is 0 Å². The van der Waals surface area contributed by atoms with Crippen molar-refractivity contribution in [2.24, 2.45) is 0 Å². The number of fused-ring (bicyclic) bond motifs is 1. The van der Waals surface area contributed by atoms with Crippen molar-refractivity contribution in [1.82, 2.24) is 10.2 Å². The number of rotatable bonds is 2. The van der Waals surface area contributed by atoms with Gasteiger partial charge in [-0.25, -0.2) is 0 Å². The first kappa shape index (κ1) is 15.3. The molecule has 3 rings (SSSR count). The van der Waals surface area contributed by atoms with Crippen LogP contribution in [0, 0.1) is 0 Å². The molecule has 1 saturated heterocycles. The molecule has 5 heteroatoms. The van der Waals surface area contributed by atoms with E-state index in [2.05, 4.69) is 23.5 Å². The molecular formula is C15H21ClN2O2. The van der Waals surface area contributed by atoms with E-state index in [1.54, 1.807) is 0 Å². The van der Waals surface area contributed by atoms with Crippen LogP contribution in [0.3, 0.4) is 0 Å². The van der Waals surface area contributed by atoms with Crippen LogP contribution in [0.4, 0.5) is 0 Å². The molecule has 110 valence electrons. The normalized spacial score (nSPS) is 21.8. The summed E-state index contributed by atoms with van der Waals surface area (Å²) >= 11 is 0. The van der Waals surface area contributed by atoms with E-state index in [4.69, 9.17) is 4.74 Å². The Labute approximate surface area is 125 Å². The van der Waals surface area contributed by atoms with Crippen molar-refractivity contribution in [3.63, 3.8) is 0 Å². The molecule has 1 aromatic rings. The average Bonchev–Trinajstić information content (AvgIpc) is 2.48. The van der Waals surface area contributed by atoms with Gasteiger partial charge < -0.3 is 15.0 Å². The molecule has 2 heterocycles. The summed E-state index contributed by atoms with van der Waals surface area (Å²) < 4.78 is 5.60. The molecule has 1 atom stereocenters. The van der Waals surface area contributed by atoms with Crippen molar-refractivity contribution in [1.29, 1.82) is 0 Å². The molecule has 0 bridgehead atoms. The highest BCUT2D eigenvalue weighted by molar-refractivity contribution is 5.85. The molecule has 0 saturated carbocycles. The Morgan fingerprint density at radius 3 is 2.90 bits per heavy atom. The third-order valence-corrected chi connectivity index (χ3v) is 3.89. The van der Waals surface area contributed by atoms with Crippen molar-refractivity contribution in [2.45, 2.75) is 25.5 Å². The second kappa shape index (κ2) is 7.07. The van der Waals surface area contributed by atoms with Crippen molar-refractivity contribution in [3.05, 3.63) is 35.4 Å². The molecule has 0 aromatic heterocycles. The summed E-state index contributed by atoms with van der Waals surface area (Å²) in [4.78, 5) is 14.3. The smallest absolute Gasteiger partial charge is 0.225 e. The summed E-state index contributed by atoms with van der Waals surface area (Å²) in [5.74, 6) is 0.211. The zero-order valence-corrected chi connectivity index (χ0v) is 12.3. The monoisotopic (exact) mass is 296 g/mol. The summed E-state index contributed by atoms with van der Waals surface area (Å²) in [6.45, 7) is 3.96. The first-order chi connectivity index (χ1) is 9.33. The Balaban J connectivity index is 0.00000147. The van der Waals surface area contributed by atoms with Gasteiger partial charge in [-0.3, -0.25) is 4.79 Å². The molecule has 0 radical (unpaired) electrons. The Morgan fingerprint density at radius 1 is 1.35 bits per heavy atom. The van der Waals surface area contributed by atoms with Crippen LogP contribution >= 0.6 is 12.4 Å². The molecule has 4 nitrogen and oxygen atoms in total. The highest BCUT2D eigenvalue weighted by atomic mass is 35.5. The third-order valence-electron chi connectivity index (χ3n) is 3.89. The number of hydrogen-bond donors (Lipinski definition) is 1. The molecule has 2 aliphatic heterocycles. The summed E-state index contributed by atoms with van der Waals surface area (Å²) in [6.07, 6.45) is 1.50. The average molecular weight is 297 g/mol. The van der Waals surface area contributed by atoms with Crippen LogP contribution in [0.15, 0.2) is 24.3 Å². The van der Waals surface area contributed by atoms with Gasteiger partial charge in [0.25, 0.3) is 0 Å². The van der Waals surface area contributed by atoms with E-state index in [0.717, 1.165) is 32.6 Å². The summed E-state index contributed by atoms with van der Waals surface area (Å²) in [6, 6.07) is 8.39. The van der Waals surface area contributed by atoms with Crippen LogP contribution in [0.1, 0.15) is 17.5 Å². The Bertz CT molecular complexity index is 461. The predicted octanol–water partition coefficient (Wildman–Crippen LogP) is 1.37. The Hall–Kier alpha value is -1.10. The van der Waals surface area contributed by atoms with Crippen LogP contribution in [0.5, 0.6) is 0 Å². The lowest BCUT2D eigenvalue weighted by molar-refractivity contribution is -0.135. The van der Waals surface area contributed by atoms with E-state index in [1.165, 1.54) is 11.1 Å². The van der Waals surface area contributed by atoms with Gasteiger partial charge in [0.15, 0.2) is 0 Å². The predicted molar refractivity (Wildman–Crippen MR) is 80.0 cm³/mol. The van der Waals surface area contributed by atoms with Gasteiger partial charge in [-0.1, -0.05) is 24.3 Å². The molecule has 0 aliphatic carbocycles. The number of hydrogen-bond acceptors (Lipinski definition) is 3. The van der Waals surface area contributed by atoms with E-state index in [9.17, 15) is 4.79 Å². The van der Waals surface area contributed by atoms with Crippen LogP contribution in [0.25, 0.3) is 0 Å². The molecule has 1 N–H and O–H groups in total. The standard InChI is InChI=1S/C15H20N2O2.ClH/c18-15(9-14-10-16-6-8-19-14)17-7-5-12-3-1-2-4-13(12)11-17;/h1-4,14,16H,5-11H2;1H. The van der Waals surface area contributed by atoms with Crippen LogP contribution in [-0.2, 0) is 22.5 Å². The molecule has 1 aromatic carbocycles. The SMILES string of the molecule is Cl.O=C(CC1CNCCO1)N1CCc2ccccc2C1. The molecule has 0 spiro atoms. The number of carbonyl (C=O) groups is 1. The van der Waals surface area contributed by atoms with Gasteiger partial charge in [0.05, 0.1) is 19.1 Å². The minimum absolute atomic E-state index is 0. The summed E-state index contributed by atoms with van der Waals surface area (Å²) in [5, 5.41) is 3.26. The van der Waals surface area contributed by atoms with Gasteiger partial charge in [0.2, 0.25) is 5.91 Å². The maximum Gasteiger partial charge on any atom is 0.225 e. The lowest BCUT2D eigenvalue weighted by Crippen LogP contribution is -2.43. The topological polar surface area (TPSA) is 41.6 Å².